The molecule has 0 fully saturated rings. The summed E-state index contributed by atoms with van der Waals surface area (Å²) in [5.74, 6) is 0. The Bertz CT molecular complexity index is 596. The van der Waals surface area contributed by atoms with Gasteiger partial charge in [0.25, 0.3) is 0 Å². The second-order valence-electron chi connectivity index (χ2n) is 5.07. The molecule has 0 radical (unpaired) electrons. The van der Waals surface area contributed by atoms with Crippen LogP contribution >= 0.6 is 0 Å². The first-order chi connectivity index (χ1) is 9.08. The lowest BCUT2D eigenvalue weighted by Crippen LogP contribution is -2.11. The molecule has 0 aliphatic heterocycles. The van der Waals surface area contributed by atoms with Crippen molar-refractivity contribution < 1.29 is 0 Å². The fourth-order valence-electron chi connectivity index (χ4n) is 2.13. The van der Waals surface area contributed by atoms with Crippen LogP contribution in [0.15, 0.2) is 49.0 Å². The summed E-state index contributed by atoms with van der Waals surface area (Å²) in [6.07, 6.45) is 0. The van der Waals surface area contributed by atoms with E-state index in [1.165, 1.54) is 27.8 Å². The summed E-state index contributed by atoms with van der Waals surface area (Å²) in [7, 11) is 0. The second-order valence-corrected chi connectivity index (χ2v) is 5.07. The maximum absolute atomic E-state index is 4.13. The van der Waals surface area contributed by atoms with E-state index in [0.29, 0.717) is 0 Å². The predicted molar refractivity (Wildman–Crippen MR) is 83.0 cm³/mol. The molecule has 0 bridgehead atoms. The monoisotopic (exact) mass is 251 g/mol. The van der Waals surface area contributed by atoms with Gasteiger partial charge < -0.3 is 5.32 Å². The third kappa shape index (κ3) is 3.25. The van der Waals surface area contributed by atoms with Crippen LogP contribution in [0.25, 0.3) is 5.70 Å². The van der Waals surface area contributed by atoms with Crippen LogP contribution in [-0.2, 0) is 6.54 Å². The first-order valence-corrected chi connectivity index (χ1v) is 6.63. The van der Waals surface area contributed by atoms with Crippen LogP contribution in [0.5, 0.6) is 0 Å². The number of hydrogen-bond donors (Lipinski definition) is 1. The fourth-order valence-corrected chi connectivity index (χ4v) is 2.13. The molecule has 0 atom stereocenters. The average molecular weight is 251 g/mol. The number of rotatable bonds is 4. The molecule has 0 aromatic heterocycles. The van der Waals surface area contributed by atoms with Gasteiger partial charge in [0, 0.05) is 12.2 Å². The molecule has 0 spiro atoms. The first-order valence-electron chi connectivity index (χ1n) is 6.63. The summed E-state index contributed by atoms with van der Waals surface area (Å²) in [4.78, 5) is 0. The number of nitrogens with one attached hydrogen (secondary N) is 1. The van der Waals surface area contributed by atoms with Gasteiger partial charge in [-0.1, -0.05) is 49.0 Å². The summed E-state index contributed by atoms with van der Waals surface area (Å²) in [6.45, 7) is 11.3. The largest absolute Gasteiger partial charge is 0.381 e. The van der Waals surface area contributed by atoms with E-state index in [4.69, 9.17) is 0 Å². The minimum absolute atomic E-state index is 0.814. The highest BCUT2D eigenvalue weighted by Crippen LogP contribution is 2.16. The molecule has 1 N–H and O–H groups in total. The Labute approximate surface area is 116 Å². The summed E-state index contributed by atoms with van der Waals surface area (Å²) in [5.41, 5.74) is 7.38. The molecule has 0 aliphatic carbocycles. The number of hydrogen-bond acceptors (Lipinski definition) is 1. The van der Waals surface area contributed by atoms with Gasteiger partial charge in [0.05, 0.1) is 0 Å². The topological polar surface area (TPSA) is 12.0 Å². The highest BCUT2D eigenvalue weighted by Gasteiger charge is 2.02. The quantitative estimate of drug-likeness (QED) is 0.850. The summed E-state index contributed by atoms with van der Waals surface area (Å²) in [6, 6.07) is 14.9. The molecular weight excluding hydrogens is 230 g/mol. The molecule has 2 aromatic carbocycles. The van der Waals surface area contributed by atoms with E-state index < -0.39 is 0 Å². The molecule has 0 heterocycles. The first kappa shape index (κ1) is 13.4. The van der Waals surface area contributed by atoms with E-state index in [0.717, 1.165) is 12.2 Å². The Morgan fingerprint density at radius 3 is 2.37 bits per heavy atom. The van der Waals surface area contributed by atoms with Crippen molar-refractivity contribution in [2.75, 3.05) is 0 Å². The van der Waals surface area contributed by atoms with E-state index in [1.807, 2.05) is 6.07 Å². The van der Waals surface area contributed by atoms with Gasteiger partial charge >= 0.3 is 0 Å². The number of aryl methyl sites for hydroxylation is 3. The van der Waals surface area contributed by atoms with Crippen LogP contribution in [0.4, 0.5) is 0 Å². The van der Waals surface area contributed by atoms with Gasteiger partial charge in [-0.05, 0) is 48.6 Å². The van der Waals surface area contributed by atoms with Gasteiger partial charge in [-0.25, -0.2) is 0 Å². The third-order valence-corrected chi connectivity index (χ3v) is 3.55. The van der Waals surface area contributed by atoms with Crippen molar-refractivity contribution >= 4 is 5.70 Å². The number of benzene rings is 2. The lowest BCUT2D eigenvalue weighted by atomic mass is 10.0. The molecule has 0 aliphatic rings. The zero-order chi connectivity index (χ0) is 13.8. The van der Waals surface area contributed by atoms with Crippen LogP contribution in [0.3, 0.4) is 0 Å². The minimum atomic E-state index is 0.814. The van der Waals surface area contributed by atoms with Gasteiger partial charge in [0.1, 0.15) is 0 Å². The van der Waals surface area contributed by atoms with Gasteiger partial charge in [-0.15, -0.1) is 0 Å². The molecule has 0 unspecified atom stereocenters. The van der Waals surface area contributed by atoms with E-state index in [9.17, 15) is 0 Å². The molecule has 98 valence electrons. The van der Waals surface area contributed by atoms with E-state index in [2.05, 4.69) is 69.1 Å². The zero-order valence-corrected chi connectivity index (χ0v) is 12.0. The summed E-state index contributed by atoms with van der Waals surface area (Å²) in [5, 5.41) is 3.41. The Hall–Kier alpha value is -2.02. The Morgan fingerprint density at radius 1 is 0.947 bits per heavy atom. The maximum Gasteiger partial charge on any atom is 0.0400 e. The smallest absolute Gasteiger partial charge is 0.0400 e. The van der Waals surface area contributed by atoms with Crippen LogP contribution < -0.4 is 5.32 Å². The molecule has 0 saturated heterocycles. The SMILES string of the molecule is C=C(NCc1ccc(C)c(C)c1)c1ccccc1C. The van der Waals surface area contributed by atoms with Crippen molar-refractivity contribution in [3.05, 3.63) is 76.9 Å². The molecule has 2 aromatic rings. The zero-order valence-electron chi connectivity index (χ0n) is 12.0. The van der Waals surface area contributed by atoms with Crippen molar-refractivity contribution in [2.45, 2.75) is 27.3 Å². The second kappa shape index (κ2) is 5.75. The Kier molecular flexibility index (Phi) is 4.06. The van der Waals surface area contributed by atoms with Crippen molar-refractivity contribution in [1.82, 2.24) is 5.32 Å². The third-order valence-electron chi connectivity index (χ3n) is 3.55. The molecule has 0 amide bonds. The standard InChI is InChI=1S/C18H21N/c1-13-9-10-17(11-15(13)3)12-19-16(4)18-8-6-5-7-14(18)2/h5-11,19H,4,12H2,1-3H3. The summed E-state index contributed by atoms with van der Waals surface area (Å²) >= 11 is 0. The Balaban J connectivity index is 2.04. The van der Waals surface area contributed by atoms with Crippen molar-refractivity contribution in [3.8, 4) is 0 Å². The van der Waals surface area contributed by atoms with Crippen molar-refractivity contribution in [1.29, 1.82) is 0 Å². The maximum atomic E-state index is 4.13. The van der Waals surface area contributed by atoms with E-state index in [-0.39, 0.29) is 0 Å². The van der Waals surface area contributed by atoms with Crippen molar-refractivity contribution in [3.63, 3.8) is 0 Å². The predicted octanol–water partition coefficient (Wildman–Crippen LogP) is 4.37. The highest BCUT2D eigenvalue weighted by molar-refractivity contribution is 5.64. The van der Waals surface area contributed by atoms with Crippen molar-refractivity contribution in [2.24, 2.45) is 0 Å². The lowest BCUT2D eigenvalue weighted by molar-refractivity contribution is 0.888. The van der Waals surface area contributed by atoms with E-state index >= 15 is 0 Å². The lowest BCUT2D eigenvalue weighted by Gasteiger charge is -2.13. The normalized spacial score (nSPS) is 10.3. The van der Waals surface area contributed by atoms with Gasteiger partial charge in [0.15, 0.2) is 0 Å². The molecular formula is C18H21N. The Morgan fingerprint density at radius 2 is 1.68 bits per heavy atom. The molecule has 19 heavy (non-hydrogen) atoms. The summed E-state index contributed by atoms with van der Waals surface area (Å²) < 4.78 is 0. The molecule has 2 rings (SSSR count). The van der Waals surface area contributed by atoms with Gasteiger partial charge in [0.2, 0.25) is 0 Å². The van der Waals surface area contributed by atoms with E-state index in [1.54, 1.807) is 0 Å². The molecule has 1 nitrogen and oxygen atoms in total. The van der Waals surface area contributed by atoms with Gasteiger partial charge in [-0.2, -0.15) is 0 Å². The van der Waals surface area contributed by atoms with Crippen LogP contribution in [-0.4, -0.2) is 0 Å². The average Bonchev–Trinajstić information content (AvgIpc) is 2.40. The fraction of sp³-hybridized carbons (Fsp3) is 0.222. The molecule has 0 saturated carbocycles. The highest BCUT2D eigenvalue weighted by atomic mass is 14.9. The van der Waals surface area contributed by atoms with Crippen LogP contribution in [0.2, 0.25) is 0 Å². The minimum Gasteiger partial charge on any atom is -0.381 e. The van der Waals surface area contributed by atoms with Crippen LogP contribution in [0.1, 0.15) is 27.8 Å². The van der Waals surface area contributed by atoms with Crippen LogP contribution in [0, 0.1) is 20.8 Å². The van der Waals surface area contributed by atoms with Gasteiger partial charge in [-0.3, -0.25) is 0 Å². The molecule has 1 heteroatoms.